The van der Waals surface area contributed by atoms with Crippen LogP contribution in [0, 0.1) is 20.2 Å². The Labute approximate surface area is 230 Å². The molecule has 0 saturated heterocycles. The Morgan fingerprint density at radius 3 is 2.48 bits per heavy atom. The predicted molar refractivity (Wildman–Crippen MR) is 141 cm³/mol. The van der Waals surface area contributed by atoms with Gasteiger partial charge < -0.3 is 15.4 Å². The quantitative estimate of drug-likeness (QED) is 0.119. The lowest BCUT2D eigenvalue weighted by molar-refractivity contribution is -0.394. The van der Waals surface area contributed by atoms with Crippen molar-refractivity contribution in [3.05, 3.63) is 56.6 Å². The van der Waals surface area contributed by atoms with E-state index in [1.807, 2.05) is 0 Å². The fourth-order valence-electron chi connectivity index (χ4n) is 3.52. The third kappa shape index (κ3) is 11.0. The molecule has 0 aliphatic carbocycles. The summed E-state index contributed by atoms with van der Waals surface area (Å²) in [6, 6.07) is 2.11. The van der Waals surface area contributed by atoms with Gasteiger partial charge in [-0.2, -0.15) is 0 Å². The highest BCUT2D eigenvalue weighted by Crippen LogP contribution is 2.28. The fourth-order valence-corrected chi connectivity index (χ4v) is 3.80. The number of amides is 2. The summed E-state index contributed by atoms with van der Waals surface area (Å²) in [5, 5.41) is 27.8. The second kappa shape index (κ2) is 15.0. The minimum atomic E-state index is -2.61. The second-order valence-corrected chi connectivity index (χ2v) is 10.4. The Balaban J connectivity index is 2.10. The van der Waals surface area contributed by atoms with E-state index >= 15 is 0 Å². The van der Waals surface area contributed by atoms with Crippen LogP contribution >= 0.6 is 8.25 Å². The lowest BCUT2D eigenvalue weighted by Crippen LogP contribution is -2.49. The first-order valence-corrected chi connectivity index (χ1v) is 13.4. The van der Waals surface area contributed by atoms with Crippen LogP contribution in [-0.2, 0) is 25.0 Å². The average Bonchev–Trinajstić information content (AvgIpc) is 3.31. The zero-order valence-corrected chi connectivity index (χ0v) is 23.2. The molecular weight excluding hydrogens is 551 g/mol. The van der Waals surface area contributed by atoms with E-state index < -0.39 is 53.1 Å². The Hall–Kier alpha value is -4.01. The summed E-state index contributed by atoms with van der Waals surface area (Å²) in [7, 11) is -2.61. The fraction of sp³-hybridized carbons (Fsp3) is 0.522. The first-order valence-electron chi connectivity index (χ1n) is 12.3. The average molecular weight is 584 g/mol. The molecule has 1 unspecified atom stereocenters. The molecular formula is C23H32N6O10P+. The molecule has 16 nitrogen and oxygen atoms in total. The van der Waals surface area contributed by atoms with Crippen molar-refractivity contribution < 1.29 is 38.2 Å². The lowest BCUT2D eigenvalue weighted by atomic mass is 10.1. The Bertz CT molecular complexity index is 1230. The minimum absolute atomic E-state index is 0.0340. The lowest BCUT2D eigenvalue weighted by Gasteiger charge is -2.23. The van der Waals surface area contributed by atoms with Crippen LogP contribution < -0.4 is 10.6 Å². The standard InChI is InChI=1S/C23H31N6O10P/c1-23(2,3)39-22(31)26-18(21(30)24-10-6-4-5-7-11-38-40(36)37)12-16-14-27(15-25-16)19-9-8-17(28(32)33)13-20(19)29(34)35/h8-9,13-15,18H,4-7,10-12H2,1-3H3,(H2-,24,26,30,31,36,37)/p+1/t18-/m0/s1. The summed E-state index contributed by atoms with van der Waals surface area (Å²) < 4.78 is 21.6. The molecule has 0 spiro atoms. The number of hydrogen-bond acceptors (Lipinski definition) is 10. The van der Waals surface area contributed by atoms with Gasteiger partial charge >= 0.3 is 14.3 Å². The van der Waals surface area contributed by atoms with Crippen LogP contribution in [-0.4, -0.2) is 61.1 Å². The topological polar surface area (TPSA) is 218 Å². The number of nitrogens with zero attached hydrogens (tertiary/aromatic N) is 4. The molecule has 3 N–H and O–H groups in total. The van der Waals surface area contributed by atoms with E-state index in [4.69, 9.17) is 9.63 Å². The number of rotatable bonds is 15. The molecule has 2 aromatic rings. The Morgan fingerprint density at radius 1 is 1.15 bits per heavy atom. The van der Waals surface area contributed by atoms with E-state index in [9.17, 15) is 34.4 Å². The van der Waals surface area contributed by atoms with Crippen molar-refractivity contribution in [1.29, 1.82) is 0 Å². The molecule has 0 radical (unpaired) electrons. The smallest absolute Gasteiger partial charge is 0.444 e. The minimum Gasteiger partial charge on any atom is -0.444 e. The zero-order valence-electron chi connectivity index (χ0n) is 22.3. The van der Waals surface area contributed by atoms with Gasteiger partial charge in [0.05, 0.1) is 27.9 Å². The van der Waals surface area contributed by atoms with Gasteiger partial charge in [-0.3, -0.25) is 29.6 Å². The summed E-state index contributed by atoms with van der Waals surface area (Å²) in [4.78, 5) is 59.2. The van der Waals surface area contributed by atoms with Crippen LogP contribution in [0.2, 0.25) is 0 Å². The SMILES string of the molecule is CC(C)(C)OC(=O)N[C@@H](Cc1cn(-c2ccc([N+](=O)[O-])cc2[N+](=O)[O-])cn1)C(=O)NCCCCCCO[P+](=O)O. The molecule has 2 rings (SSSR count). The van der Waals surface area contributed by atoms with E-state index in [0.29, 0.717) is 25.1 Å². The van der Waals surface area contributed by atoms with Crippen molar-refractivity contribution in [3.63, 3.8) is 0 Å². The maximum Gasteiger partial charge on any atom is 0.694 e. The van der Waals surface area contributed by atoms with Crippen molar-refractivity contribution in [3.8, 4) is 5.69 Å². The highest BCUT2D eigenvalue weighted by molar-refractivity contribution is 7.32. The molecule has 0 aliphatic rings. The number of non-ortho nitro benzene ring substituents is 1. The summed E-state index contributed by atoms with van der Waals surface area (Å²) in [5.74, 6) is -0.498. The number of carbonyl (C=O) groups excluding carboxylic acids is 2. The van der Waals surface area contributed by atoms with Crippen LogP contribution in [0.4, 0.5) is 16.2 Å². The molecule has 1 aromatic heterocycles. The van der Waals surface area contributed by atoms with Gasteiger partial charge in [0.2, 0.25) is 5.91 Å². The third-order valence-corrected chi connectivity index (χ3v) is 5.68. The van der Waals surface area contributed by atoms with Crippen LogP contribution in [0.25, 0.3) is 5.69 Å². The van der Waals surface area contributed by atoms with Crippen molar-refractivity contribution in [2.24, 2.45) is 0 Å². The molecule has 17 heteroatoms. The molecule has 0 aliphatic heterocycles. The van der Waals surface area contributed by atoms with E-state index in [2.05, 4.69) is 20.1 Å². The van der Waals surface area contributed by atoms with E-state index in [1.54, 1.807) is 20.8 Å². The van der Waals surface area contributed by atoms with Crippen LogP contribution in [0.1, 0.15) is 52.1 Å². The summed E-state index contributed by atoms with van der Waals surface area (Å²) in [5.41, 5.74) is -1.41. The van der Waals surface area contributed by atoms with Crippen LogP contribution in [0.3, 0.4) is 0 Å². The molecule has 1 aromatic carbocycles. The molecule has 0 fully saturated rings. The van der Waals surface area contributed by atoms with Gasteiger partial charge in [0.25, 0.3) is 11.4 Å². The normalized spacial score (nSPS) is 12.3. The molecule has 40 heavy (non-hydrogen) atoms. The number of ether oxygens (including phenoxy) is 1. The molecule has 2 amide bonds. The Kier molecular flexibility index (Phi) is 12.0. The number of hydrogen-bond donors (Lipinski definition) is 3. The first-order chi connectivity index (χ1) is 18.8. The van der Waals surface area contributed by atoms with Crippen LogP contribution in [0.5, 0.6) is 0 Å². The number of nitro benzene ring substituents is 2. The number of alkyl carbamates (subject to hydrolysis) is 1. The monoisotopic (exact) mass is 583 g/mol. The number of nitro groups is 2. The molecule has 1 heterocycles. The van der Waals surface area contributed by atoms with Crippen LogP contribution in [0.15, 0.2) is 30.7 Å². The number of benzene rings is 1. The number of unbranched alkanes of at least 4 members (excludes halogenated alkanes) is 3. The van der Waals surface area contributed by atoms with Gasteiger partial charge in [0, 0.05) is 29.8 Å². The highest BCUT2D eigenvalue weighted by Gasteiger charge is 2.26. The number of imidazole rings is 1. The summed E-state index contributed by atoms with van der Waals surface area (Å²) in [6.07, 6.45) is 4.47. The zero-order chi connectivity index (χ0) is 29.9. The number of carbonyl (C=O) groups is 2. The first kappa shape index (κ1) is 32.2. The van der Waals surface area contributed by atoms with Gasteiger partial charge in [-0.15, -0.1) is 9.42 Å². The number of nitrogens with one attached hydrogen (secondary N) is 2. The van der Waals surface area contributed by atoms with Crippen molar-refractivity contribution >= 4 is 31.6 Å². The Morgan fingerprint density at radius 2 is 1.85 bits per heavy atom. The predicted octanol–water partition coefficient (Wildman–Crippen LogP) is 3.47. The third-order valence-electron chi connectivity index (χ3n) is 5.27. The highest BCUT2D eigenvalue weighted by atomic mass is 31.1. The van der Waals surface area contributed by atoms with Crippen molar-refractivity contribution in [2.75, 3.05) is 13.2 Å². The van der Waals surface area contributed by atoms with E-state index in [-0.39, 0.29) is 18.7 Å². The van der Waals surface area contributed by atoms with Gasteiger partial charge in [0.15, 0.2) is 0 Å². The van der Waals surface area contributed by atoms with Gasteiger partial charge in [-0.05, 0) is 39.7 Å². The molecule has 218 valence electrons. The van der Waals surface area contributed by atoms with Gasteiger partial charge in [0.1, 0.15) is 23.9 Å². The second-order valence-electron chi connectivity index (χ2n) is 9.64. The van der Waals surface area contributed by atoms with E-state index in [0.717, 1.165) is 25.0 Å². The largest absolute Gasteiger partial charge is 0.694 e. The van der Waals surface area contributed by atoms with Gasteiger partial charge in [-0.1, -0.05) is 12.8 Å². The summed E-state index contributed by atoms with van der Waals surface area (Å²) in [6.45, 7) is 5.48. The van der Waals surface area contributed by atoms with Crippen molar-refractivity contribution in [2.45, 2.75) is 64.5 Å². The maximum absolute atomic E-state index is 12.9. The van der Waals surface area contributed by atoms with Gasteiger partial charge in [-0.25, -0.2) is 9.78 Å². The molecule has 0 saturated carbocycles. The maximum atomic E-state index is 12.9. The molecule has 2 atom stereocenters. The number of aromatic nitrogens is 2. The molecule has 0 bridgehead atoms. The summed E-state index contributed by atoms with van der Waals surface area (Å²) >= 11 is 0. The van der Waals surface area contributed by atoms with E-state index in [1.165, 1.54) is 23.2 Å². The van der Waals surface area contributed by atoms with Crippen molar-refractivity contribution in [1.82, 2.24) is 20.2 Å².